The van der Waals surface area contributed by atoms with Crippen molar-refractivity contribution in [1.82, 2.24) is 10.2 Å². The number of benzene rings is 2. The fourth-order valence-corrected chi connectivity index (χ4v) is 4.07. The Morgan fingerprint density at radius 1 is 1.03 bits per heavy atom. The molecule has 29 heavy (non-hydrogen) atoms. The number of barbiturate groups is 1. The van der Waals surface area contributed by atoms with E-state index >= 15 is 0 Å². The minimum atomic E-state index is -0.698. The Kier molecular flexibility index (Phi) is 4.96. The van der Waals surface area contributed by atoms with Crippen molar-refractivity contribution in [2.45, 2.75) is 31.7 Å². The zero-order chi connectivity index (χ0) is 20.5. The SMILES string of the molecule is COc1ccc2ccc(OC)c(/C=C3/C(=O)NC(=O)N(C4CCCC4)C3=O)c2c1. The molecule has 4 rings (SSSR count). The lowest BCUT2D eigenvalue weighted by molar-refractivity contribution is -0.131. The molecule has 0 spiro atoms. The van der Waals surface area contributed by atoms with E-state index in [-0.39, 0.29) is 11.6 Å². The number of urea groups is 1. The van der Waals surface area contributed by atoms with E-state index in [1.54, 1.807) is 13.2 Å². The van der Waals surface area contributed by atoms with Gasteiger partial charge in [-0.3, -0.25) is 19.8 Å². The predicted molar refractivity (Wildman–Crippen MR) is 108 cm³/mol. The maximum Gasteiger partial charge on any atom is 0.331 e. The van der Waals surface area contributed by atoms with E-state index < -0.39 is 17.8 Å². The number of fused-ring (bicyclic) bond motifs is 1. The molecule has 2 aromatic rings. The molecule has 2 aliphatic rings. The van der Waals surface area contributed by atoms with Crippen LogP contribution in [0.1, 0.15) is 31.2 Å². The third kappa shape index (κ3) is 3.33. The molecule has 7 heteroatoms. The molecular formula is C22H22N2O5. The van der Waals surface area contributed by atoms with E-state index in [0.29, 0.717) is 17.1 Å². The van der Waals surface area contributed by atoms with Crippen LogP contribution in [0, 0.1) is 0 Å². The first kappa shape index (κ1) is 19.0. The molecule has 4 amide bonds. The summed E-state index contributed by atoms with van der Waals surface area (Å²) in [7, 11) is 3.10. The summed E-state index contributed by atoms with van der Waals surface area (Å²) in [5.41, 5.74) is 0.508. The van der Waals surface area contributed by atoms with Gasteiger partial charge in [0.25, 0.3) is 11.8 Å². The fraction of sp³-hybridized carbons (Fsp3) is 0.318. The van der Waals surface area contributed by atoms with Gasteiger partial charge in [0.2, 0.25) is 0 Å². The van der Waals surface area contributed by atoms with E-state index in [2.05, 4.69) is 5.32 Å². The quantitative estimate of drug-likeness (QED) is 0.636. The van der Waals surface area contributed by atoms with Crippen molar-refractivity contribution in [3.05, 3.63) is 41.5 Å². The third-order valence-electron chi connectivity index (χ3n) is 5.56. The van der Waals surface area contributed by atoms with Crippen LogP contribution in [-0.4, -0.2) is 43.0 Å². The zero-order valence-corrected chi connectivity index (χ0v) is 16.4. The summed E-state index contributed by atoms with van der Waals surface area (Å²) in [4.78, 5) is 39.1. The Hall–Kier alpha value is -3.35. The first-order valence-electron chi connectivity index (χ1n) is 9.59. The van der Waals surface area contributed by atoms with Crippen molar-refractivity contribution in [3.8, 4) is 11.5 Å². The van der Waals surface area contributed by atoms with Crippen LogP contribution in [0.2, 0.25) is 0 Å². The standard InChI is InChI=1S/C22H22N2O5/c1-28-15-9-7-13-8-10-19(29-2)17(16(13)11-15)12-18-20(25)23-22(27)24(21(18)26)14-5-3-4-6-14/h7-12,14H,3-6H2,1-2H3,(H,23,25,27)/b18-12-. The summed E-state index contributed by atoms with van der Waals surface area (Å²) < 4.78 is 10.8. The van der Waals surface area contributed by atoms with Crippen LogP contribution in [0.3, 0.4) is 0 Å². The van der Waals surface area contributed by atoms with Gasteiger partial charge in [0.1, 0.15) is 17.1 Å². The number of carbonyl (C=O) groups is 3. The molecule has 1 N–H and O–H groups in total. The number of carbonyl (C=O) groups excluding carboxylic acids is 3. The first-order valence-corrected chi connectivity index (χ1v) is 9.59. The van der Waals surface area contributed by atoms with Crippen LogP contribution < -0.4 is 14.8 Å². The van der Waals surface area contributed by atoms with Crippen LogP contribution >= 0.6 is 0 Å². The maximum atomic E-state index is 13.1. The molecule has 1 heterocycles. The summed E-state index contributed by atoms with van der Waals surface area (Å²) in [6.07, 6.45) is 4.95. The molecule has 150 valence electrons. The Morgan fingerprint density at radius 3 is 2.45 bits per heavy atom. The smallest absolute Gasteiger partial charge is 0.331 e. The summed E-state index contributed by atoms with van der Waals surface area (Å²) >= 11 is 0. The molecule has 0 aromatic heterocycles. The van der Waals surface area contributed by atoms with Gasteiger partial charge in [-0.2, -0.15) is 0 Å². The minimum absolute atomic E-state index is 0.0786. The van der Waals surface area contributed by atoms with Gasteiger partial charge in [-0.05, 0) is 47.9 Å². The predicted octanol–water partition coefficient (Wildman–Crippen LogP) is 3.26. The Bertz CT molecular complexity index is 1030. The van der Waals surface area contributed by atoms with Crippen molar-refractivity contribution in [2.24, 2.45) is 0 Å². The number of imide groups is 2. The summed E-state index contributed by atoms with van der Waals surface area (Å²) in [6.45, 7) is 0. The Morgan fingerprint density at radius 2 is 1.76 bits per heavy atom. The summed E-state index contributed by atoms with van der Waals surface area (Å²) in [5.74, 6) is -0.0976. The minimum Gasteiger partial charge on any atom is -0.497 e. The topological polar surface area (TPSA) is 84.9 Å². The number of hydrogen-bond donors (Lipinski definition) is 1. The van der Waals surface area contributed by atoms with Crippen LogP contribution in [-0.2, 0) is 9.59 Å². The normalized spacial score (nSPS) is 19.2. The number of nitrogens with one attached hydrogen (secondary N) is 1. The van der Waals surface area contributed by atoms with Gasteiger partial charge in [-0.1, -0.05) is 25.0 Å². The highest BCUT2D eigenvalue weighted by molar-refractivity contribution is 6.31. The van der Waals surface area contributed by atoms with E-state index in [1.165, 1.54) is 18.1 Å². The van der Waals surface area contributed by atoms with Crippen molar-refractivity contribution in [3.63, 3.8) is 0 Å². The lowest BCUT2D eigenvalue weighted by Gasteiger charge is -2.31. The highest BCUT2D eigenvalue weighted by atomic mass is 16.5. The van der Waals surface area contributed by atoms with E-state index in [4.69, 9.17) is 9.47 Å². The van der Waals surface area contributed by atoms with Crippen molar-refractivity contribution < 1.29 is 23.9 Å². The third-order valence-corrected chi connectivity index (χ3v) is 5.56. The van der Waals surface area contributed by atoms with Gasteiger partial charge in [0.15, 0.2) is 0 Å². The second-order valence-corrected chi connectivity index (χ2v) is 7.20. The van der Waals surface area contributed by atoms with Gasteiger partial charge in [-0.15, -0.1) is 0 Å². The number of rotatable bonds is 4. The highest BCUT2D eigenvalue weighted by Gasteiger charge is 2.40. The van der Waals surface area contributed by atoms with Crippen LogP contribution in [0.4, 0.5) is 4.79 Å². The monoisotopic (exact) mass is 394 g/mol. The molecule has 1 saturated heterocycles. The number of nitrogens with zero attached hydrogens (tertiary/aromatic N) is 1. The van der Waals surface area contributed by atoms with Gasteiger partial charge >= 0.3 is 6.03 Å². The molecule has 2 fully saturated rings. The summed E-state index contributed by atoms with van der Waals surface area (Å²) in [5, 5.41) is 4.00. The number of methoxy groups -OCH3 is 2. The molecule has 1 aliphatic heterocycles. The van der Waals surface area contributed by atoms with Crippen LogP contribution in [0.25, 0.3) is 16.8 Å². The van der Waals surface area contributed by atoms with E-state index in [0.717, 1.165) is 36.5 Å². The number of hydrogen-bond acceptors (Lipinski definition) is 5. The average Bonchev–Trinajstić information content (AvgIpc) is 3.24. The Labute approximate surface area is 168 Å². The first-order chi connectivity index (χ1) is 14.0. The van der Waals surface area contributed by atoms with Crippen molar-refractivity contribution in [1.29, 1.82) is 0 Å². The van der Waals surface area contributed by atoms with E-state index in [9.17, 15) is 14.4 Å². The highest BCUT2D eigenvalue weighted by Crippen LogP contribution is 2.34. The molecule has 1 saturated carbocycles. The molecule has 0 unspecified atom stereocenters. The number of ether oxygens (including phenoxy) is 2. The second kappa shape index (κ2) is 7.58. The maximum absolute atomic E-state index is 13.1. The molecular weight excluding hydrogens is 372 g/mol. The number of amides is 4. The van der Waals surface area contributed by atoms with E-state index in [1.807, 2.05) is 24.3 Å². The molecule has 0 atom stereocenters. The van der Waals surface area contributed by atoms with Crippen LogP contribution in [0.15, 0.2) is 35.9 Å². The van der Waals surface area contributed by atoms with Gasteiger partial charge in [0, 0.05) is 11.6 Å². The molecule has 0 bridgehead atoms. The van der Waals surface area contributed by atoms with Crippen molar-refractivity contribution >= 4 is 34.7 Å². The largest absolute Gasteiger partial charge is 0.497 e. The molecule has 1 aliphatic carbocycles. The molecule has 0 radical (unpaired) electrons. The molecule has 2 aromatic carbocycles. The second-order valence-electron chi connectivity index (χ2n) is 7.20. The zero-order valence-electron chi connectivity index (χ0n) is 16.4. The van der Waals surface area contributed by atoms with Crippen LogP contribution in [0.5, 0.6) is 11.5 Å². The lowest BCUT2D eigenvalue weighted by Crippen LogP contribution is -2.57. The van der Waals surface area contributed by atoms with Crippen molar-refractivity contribution in [2.75, 3.05) is 14.2 Å². The lowest BCUT2D eigenvalue weighted by atomic mass is 9.99. The average molecular weight is 394 g/mol. The van der Waals surface area contributed by atoms with Gasteiger partial charge in [0.05, 0.1) is 14.2 Å². The Balaban J connectivity index is 1.85. The van der Waals surface area contributed by atoms with Gasteiger partial charge < -0.3 is 9.47 Å². The molecule has 7 nitrogen and oxygen atoms in total. The summed E-state index contributed by atoms with van der Waals surface area (Å²) in [6, 6.07) is 8.43. The fourth-order valence-electron chi connectivity index (χ4n) is 4.07. The van der Waals surface area contributed by atoms with Gasteiger partial charge in [-0.25, -0.2) is 4.79 Å².